The lowest BCUT2D eigenvalue weighted by molar-refractivity contribution is -0.129. The molecule has 0 aliphatic heterocycles. The zero-order chi connectivity index (χ0) is 16.7. The lowest BCUT2D eigenvalue weighted by Gasteiger charge is -2.18. The maximum Gasteiger partial charge on any atom is 0.222 e. The van der Waals surface area contributed by atoms with E-state index in [2.05, 4.69) is 0 Å². The third kappa shape index (κ3) is 4.81. The number of nitrogens with zero attached hydrogens (tertiary/aromatic N) is 1. The molecule has 0 fully saturated rings. The lowest BCUT2D eigenvalue weighted by Crippen LogP contribution is -2.29. The van der Waals surface area contributed by atoms with Crippen LogP contribution in [0.1, 0.15) is 17.5 Å². The van der Waals surface area contributed by atoms with Crippen molar-refractivity contribution in [3.63, 3.8) is 0 Å². The molecule has 4 heteroatoms. The largest absolute Gasteiger partial charge is 0.496 e. The van der Waals surface area contributed by atoms with Crippen LogP contribution in [0.25, 0.3) is 0 Å². The summed E-state index contributed by atoms with van der Waals surface area (Å²) in [4.78, 5) is 13.9. The van der Waals surface area contributed by atoms with Crippen molar-refractivity contribution < 1.29 is 13.9 Å². The predicted molar refractivity (Wildman–Crippen MR) is 89.1 cm³/mol. The van der Waals surface area contributed by atoms with Crippen molar-refractivity contribution in [1.82, 2.24) is 4.90 Å². The molecule has 0 saturated carbocycles. The number of ether oxygens (including phenoxy) is 1. The number of carbonyl (C=O) groups is 1. The van der Waals surface area contributed by atoms with E-state index in [1.165, 1.54) is 6.07 Å². The van der Waals surface area contributed by atoms with Gasteiger partial charge in [-0.05, 0) is 36.1 Å². The Morgan fingerprint density at radius 2 is 1.70 bits per heavy atom. The highest BCUT2D eigenvalue weighted by molar-refractivity contribution is 5.76. The second kappa shape index (κ2) is 8.32. The highest BCUT2D eigenvalue weighted by atomic mass is 19.1. The summed E-state index contributed by atoms with van der Waals surface area (Å²) in [6, 6.07) is 14.4. The topological polar surface area (TPSA) is 29.5 Å². The number of amides is 1. The standard InChI is InChI=1S/C19H22FNO2/c1-21(14-13-16-8-4-6-10-18(16)23-2)19(22)12-11-15-7-3-5-9-17(15)20/h3-10H,11-14H2,1-2H3. The zero-order valence-corrected chi connectivity index (χ0v) is 13.6. The number of methoxy groups -OCH3 is 1. The first-order valence-electron chi connectivity index (χ1n) is 7.71. The van der Waals surface area contributed by atoms with Crippen molar-refractivity contribution in [1.29, 1.82) is 0 Å². The number of halogens is 1. The molecule has 122 valence electrons. The number of rotatable bonds is 7. The summed E-state index contributed by atoms with van der Waals surface area (Å²) in [5.41, 5.74) is 1.66. The van der Waals surface area contributed by atoms with Crippen LogP contribution in [0, 0.1) is 5.82 Å². The van der Waals surface area contributed by atoms with E-state index in [0.29, 0.717) is 24.9 Å². The number of para-hydroxylation sites is 1. The van der Waals surface area contributed by atoms with Gasteiger partial charge in [-0.25, -0.2) is 4.39 Å². The van der Waals surface area contributed by atoms with Crippen LogP contribution in [0.3, 0.4) is 0 Å². The van der Waals surface area contributed by atoms with Crippen LogP contribution in [-0.2, 0) is 17.6 Å². The summed E-state index contributed by atoms with van der Waals surface area (Å²) >= 11 is 0. The van der Waals surface area contributed by atoms with Gasteiger partial charge in [0.05, 0.1) is 7.11 Å². The van der Waals surface area contributed by atoms with E-state index in [1.54, 1.807) is 37.3 Å². The minimum absolute atomic E-state index is 0.0168. The van der Waals surface area contributed by atoms with Gasteiger partial charge in [-0.15, -0.1) is 0 Å². The summed E-state index contributed by atoms with van der Waals surface area (Å²) in [6.45, 7) is 0.608. The van der Waals surface area contributed by atoms with Crippen LogP contribution in [0.5, 0.6) is 5.75 Å². The predicted octanol–water partition coefficient (Wildman–Crippen LogP) is 3.47. The molecule has 2 rings (SSSR count). The number of aryl methyl sites for hydroxylation is 1. The molecule has 0 N–H and O–H groups in total. The quantitative estimate of drug-likeness (QED) is 0.783. The van der Waals surface area contributed by atoms with Crippen LogP contribution in [-0.4, -0.2) is 31.5 Å². The third-order valence-electron chi connectivity index (χ3n) is 3.90. The second-order valence-corrected chi connectivity index (χ2v) is 5.47. The van der Waals surface area contributed by atoms with Gasteiger partial charge in [0.15, 0.2) is 0 Å². The highest BCUT2D eigenvalue weighted by Crippen LogP contribution is 2.18. The smallest absolute Gasteiger partial charge is 0.222 e. The van der Waals surface area contributed by atoms with Crippen LogP contribution >= 0.6 is 0 Å². The van der Waals surface area contributed by atoms with Crippen LogP contribution in [0.4, 0.5) is 4.39 Å². The van der Waals surface area contributed by atoms with Gasteiger partial charge >= 0.3 is 0 Å². The maximum absolute atomic E-state index is 13.6. The molecule has 0 spiro atoms. The highest BCUT2D eigenvalue weighted by Gasteiger charge is 2.11. The molecule has 2 aromatic rings. The number of carbonyl (C=O) groups excluding carboxylic acids is 1. The number of likely N-dealkylation sites (N-methyl/N-ethyl adjacent to an activating group) is 1. The van der Waals surface area contributed by atoms with Gasteiger partial charge in [0, 0.05) is 20.0 Å². The monoisotopic (exact) mass is 315 g/mol. The van der Waals surface area contributed by atoms with Crippen molar-refractivity contribution in [2.24, 2.45) is 0 Å². The molecule has 0 aliphatic rings. The molecule has 0 unspecified atom stereocenters. The summed E-state index contributed by atoms with van der Waals surface area (Å²) in [6.07, 6.45) is 1.46. The molecule has 3 nitrogen and oxygen atoms in total. The molecular formula is C19H22FNO2. The molecule has 1 amide bonds. The van der Waals surface area contributed by atoms with E-state index in [0.717, 1.165) is 17.7 Å². The SMILES string of the molecule is COc1ccccc1CCN(C)C(=O)CCc1ccccc1F. The molecule has 0 saturated heterocycles. The molecule has 0 heterocycles. The Balaban J connectivity index is 1.84. The van der Waals surface area contributed by atoms with E-state index in [-0.39, 0.29) is 11.7 Å². The Morgan fingerprint density at radius 3 is 2.39 bits per heavy atom. The Bertz CT molecular complexity index is 657. The molecular weight excluding hydrogens is 293 g/mol. The molecule has 0 bridgehead atoms. The molecule has 2 aromatic carbocycles. The van der Waals surface area contributed by atoms with E-state index >= 15 is 0 Å². The van der Waals surface area contributed by atoms with E-state index in [4.69, 9.17) is 4.74 Å². The maximum atomic E-state index is 13.6. The van der Waals surface area contributed by atoms with Gasteiger partial charge in [0.25, 0.3) is 0 Å². The van der Waals surface area contributed by atoms with Gasteiger partial charge in [-0.3, -0.25) is 4.79 Å². The fraction of sp³-hybridized carbons (Fsp3) is 0.316. The summed E-state index contributed by atoms with van der Waals surface area (Å²) in [7, 11) is 3.42. The summed E-state index contributed by atoms with van der Waals surface area (Å²) in [5, 5.41) is 0. The first-order valence-corrected chi connectivity index (χ1v) is 7.71. The Labute approximate surface area is 136 Å². The van der Waals surface area contributed by atoms with Gasteiger partial charge in [0.1, 0.15) is 11.6 Å². The van der Waals surface area contributed by atoms with Crippen molar-refractivity contribution in [2.45, 2.75) is 19.3 Å². The van der Waals surface area contributed by atoms with E-state index in [1.807, 2.05) is 24.3 Å². The molecule has 0 aromatic heterocycles. The third-order valence-corrected chi connectivity index (χ3v) is 3.90. The van der Waals surface area contributed by atoms with Gasteiger partial charge < -0.3 is 9.64 Å². The summed E-state index contributed by atoms with van der Waals surface area (Å²) in [5.74, 6) is 0.597. The second-order valence-electron chi connectivity index (χ2n) is 5.47. The van der Waals surface area contributed by atoms with Crippen molar-refractivity contribution in [2.75, 3.05) is 20.7 Å². The summed E-state index contributed by atoms with van der Waals surface area (Å²) < 4.78 is 18.9. The lowest BCUT2D eigenvalue weighted by atomic mass is 10.1. The van der Waals surface area contributed by atoms with Crippen LogP contribution in [0.15, 0.2) is 48.5 Å². The Hall–Kier alpha value is -2.36. The Morgan fingerprint density at radius 1 is 1.04 bits per heavy atom. The Kier molecular flexibility index (Phi) is 6.15. The van der Waals surface area contributed by atoms with Crippen LogP contribution < -0.4 is 4.74 Å². The number of hydrogen-bond acceptors (Lipinski definition) is 2. The van der Waals surface area contributed by atoms with Gasteiger partial charge in [0.2, 0.25) is 5.91 Å². The minimum atomic E-state index is -0.253. The van der Waals surface area contributed by atoms with Crippen molar-refractivity contribution in [3.05, 3.63) is 65.5 Å². The number of hydrogen-bond donors (Lipinski definition) is 0. The first kappa shape index (κ1) is 17.0. The number of benzene rings is 2. The average Bonchev–Trinajstić information content (AvgIpc) is 2.58. The average molecular weight is 315 g/mol. The van der Waals surface area contributed by atoms with Gasteiger partial charge in [-0.1, -0.05) is 36.4 Å². The molecule has 0 atom stereocenters. The minimum Gasteiger partial charge on any atom is -0.496 e. The van der Waals surface area contributed by atoms with Crippen LogP contribution in [0.2, 0.25) is 0 Å². The van der Waals surface area contributed by atoms with E-state index in [9.17, 15) is 9.18 Å². The molecule has 0 aliphatic carbocycles. The zero-order valence-electron chi connectivity index (χ0n) is 13.6. The molecule has 23 heavy (non-hydrogen) atoms. The van der Waals surface area contributed by atoms with Crippen molar-refractivity contribution in [3.8, 4) is 5.75 Å². The molecule has 0 radical (unpaired) electrons. The first-order chi connectivity index (χ1) is 11.1. The fourth-order valence-electron chi connectivity index (χ4n) is 2.46. The normalized spacial score (nSPS) is 10.4. The fourth-order valence-corrected chi connectivity index (χ4v) is 2.46. The van der Waals surface area contributed by atoms with E-state index < -0.39 is 0 Å². The van der Waals surface area contributed by atoms with Crippen molar-refractivity contribution >= 4 is 5.91 Å². The van der Waals surface area contributed by atoms with Gasteiger partial charge in [-0.2, -0.15) is 0 Å².